The number of rotatable bonds is 8. The molecule has 0 aromatic heterocycles. The Hall–Kier alpha value is -3.66. The maximum Gasteiger partial charge on any atom is 0.416 e. The third-order valence-electron chi connectivity index (χ3n) is 5.05. The zero-order chi connectivity index (χ0) is 25.6. The minimum atomic E-state index is -4.64. The van der Waals surface area contributed by atoms with Crippen LogP contribution in [0.25, 0.3) is 5.57 Å². The van der Waals surface area contributed by atoms with E-state index in [1.807, 2.05) is 0 Å². The van der Waals surface area contributed by atoms with Crippen molar-refractivity contribution >= 4 is 28.8 Å². The highest BCUT2D eigenvalue weighted by Crippen LogP contribution is 2.34. The number of Topliss-reactive ketones (excluding diaryl/α,β-unsaturated/α-hetero) is 1. The topological polar surface area (TPSA) is 76.7 Å². The van der Waals surface area contributed by atoms with Gasteiger partial charge in [-0.1, -0.05) is 18.2 Å². The number of ketones is 1. The molecule has 0 fully saturated rings. The minimum Gasteiger partial charge on any atom is -0.490 e. The summed E-state index contributed by atoms with van der Waals surface area (Å²) in [5.41, 5.74) is -0.215. The van der Waals surface area contributed by atoms with E-state index in [0.29, 0.717) is 17.7 Å². The molecule has 2 amide bonds. The second kappa shape index (κ2) is 11.2. The predicted octanol–water partition coefficient (Wildman–Crippen LogP) is 6.30. The fourth-order valence-corrected chi connectivity index (χ4v) is 3.40. The fraction of sp³-hybridized carbons (Fsp3) is 0.280. The van der Waals surface area contributed by atoms with Gasteiger partial charge in [-0.2, -0.15) is 13.2 Å². The van der Waals surface area contributed by atoms with E-state index in [1.54, 1.807) is 26.0 Å². The van der Waals surface area contributed by atoms with Crippen LogP contribution in [0, 0.1) is 5.82 Å². The Morgan fingerprint density at radius 3 is 2.49 bits per heavy atom. The lowest BCUT2D eigenvalue weighted by atomic mass is 9.97. The maximum absolute atomic E-state index is 14.7. The number of allylic oxidation sites excluding steroid dienone is 4. The molecule has 0 aliphatic heterocycles. The largest absolute Gasteiger partial charge is 0.490 e. The summed E-state index contributed by atoms with van der Waals surface area (Å²) in [6, 6.07) is 6.46. The van der Waals surface area contributed by atoms with Crippen LogP contribution < -0.4 is 10.6 Å². The van der Waals surface area contributed by atoms with Crippen LogP contribution in [0.5, 0.6) is 0 Å². The number of alkyl halides is 3. The molecule has 1 aliphatic carbocycles. The van der Waals surface area contributed by atoms with Gasteiger partial charge in [-0.3, -0.25) is 4.79 Å². The summed E-state index contributed by atoms with van der Waals surface area (Å²) in [6.07, 6.45) is -1.35. The molecule has 0 bridgehead atoms. The number of ether oxygens (including phenoxy) is 2. The van der Waals surface area contributed by atoms with E-state index in [9.17, 15) is 27.2 Å². The minimum absolute atomic E-state index is 0.0628. The first-order chi connectivity index (χ1) is 16.6. The van der Waals surface area contributed by atoms with Crippen molar-refractivity contribution in [3.63, 3.8) is 0 Å². The zero-order valence-corrected chi connectivity index (χ0v) is 19.1. The van der Waals surface area contributed by atoms with Gasteiger partial charge in [0.05, 0.1) is 24.5 Å². The molecule has 35 heavy (non-hydrogen) atoms. The highest BCUT2D eigenvalue weighted by Gasteiger charge is 2.33. The number of halogens is 4. The average Bonchev–Trinajstić information content (AvgIpc) is 2.80. The van der Waals surface area contributed by atoms with Crippen LogP contribution in [0.1, 0.15) is 37.0 Å². The number of carbonyl (C=O) groups is 2. The Balaban J connectivity index is 1.72. The van der Waals surface area contributed by atoms with Crippen molar-refractivity contribution in [2.24, 2.45) is 0 Å². The Morgan fingerprint density at radius 1 is 1.06 bits per heavy atom. The smallest absolute Gasteiger partial charge is 0.416 e. The SMILES string of the molecule is CCOCc1ccc(NC(=O)Nc2ccc(C3=CCC(=O)C(OCC)=C3)cc2F)cc1C(F)(F)F. The number of hydrogen-bond donors (Lipinski definition) is 2. The average molecular weight is 492 g/mol. The lowest BCUT2D eigenvalue weighted by molar-refractivity contribution is -0.138. The summed E-state index contributed by atoms with van der Waals surface area (Å²) in [6.45, 7) is 3.76. The van der Waals surface area contributed by atoms with Gasteiger partial charge in [0.25, 0.3) is 0 Å². The molecule has 0 saturated carbocycles. The van der Waals surface area contributed by atoms with Gasteiger partial charge < -0.3 is 20.1 Å². The van der Waals surface area contributed by atoms with Crippen LogP contribution in [0.15, 0.2) is 54.3 Å². The van der Waals surface area contributed by atoms with E-state index in [1.165, 1.54) is 30.3 Å². The molecule has 0 radical (unpaired) electrons. The third-order valence-corrected chi connectivity index (χ3v) is 5.05. The fourth-order valence-electron chi connectivity index (χ4n) is 3.40. The predicted molar refractivity (Wildman–Crippen MR) is 123 cm³/mol. The van der Waals surface area contributed by atoms with Gasteiger partial charge in [0.1, 0.15) is 5.82 Å². The number of benzene rings is 2. The first-order valence-electron chi connectivity index (χ1n) is 10.9. The summed E-state index contributed by atoms with van der Waals surface area (Å²) in [5.74, 6) is -0.743. The molecule has 0 saturated heterocycles. The van der Waals surface area contributed by atoms with Crippen LogP contribution in [-0.4, -0.2) is 25.0 Å². The first kappa shape index (κ1) is 26.0. The van der Waals surface area contributed by atoms with Crippen molar-refractivity contribution in [1.82, 2.24) is 0 Å². The van der Waals surface area contributed by atoms with Crippen molar-refractivity contribution in [2.45, 2.75) is 33.1 Å². The van der Waals surface area contributed by atoms with Crippen molar-refractivity contribution in [2.75, 3.05) is 23.8 Å². The quantitative estimate of drug-likeness (QED) is 0.424. The summed E-state index contributed by atoms with van der Waals surface area (Å²) >= 11 is 0. The van der Waals surface area contributed by atoms with Crippen molar-refractivity contribution < 1.29 is 36.6 Å². The number of nitrogens with one attached hydrogen (secondary N) is 2. The van der Waals surface area contributed by atoms with E-state index in [2.05, 4.69) is 10.6 Å². The number of carbonyl (C=O) groups excluding carboxylic acids is 2. The second-order valence-corrected chi connectivity index (χ2v) is 7.51. The molecule has 1 aliphatic rings. The Bertz CT molecular complexity index is 1170. The summed E-state index contributed by atoms with van der Waals surface area (Å²) in [4.78, 5) is 24.2. The van der Waals surface area contributed by atoms with E-state index in [-0.39, 0.29) is 48.1 Å². The van der Waals surface area contributed by atoms with Crippen LogP contribution in [0.4, 0.5) is 33.7 Å². The molecule has 6 nitrogen and oxygen atoms in total. The Kier molecular flexibility index (Phi) is 8.29. The Morgan fingerprint density at radius 2 is 1.83 bits per heavy atom. The van der Waals surface area contributed by atoms with Crippen LogP contribution in [0.2, 0.25) is 0 Å². The molecular formula is C25H24F4N2O4. The van der Waals surface area contributed by atoms with Crippen molar-refractivity contribution in [3.05, 3.63) is 76.8 Å². The van der Waals surface area contributed by atoms with E-state index < -0.39 is 23.6 Å². The van der Waals surface area contributed by atoms with Gasteiger partial charge >= 0.3 is 12.2 Å². The molecule has 2 N–H and O–H groups in total. The van der Waals surface area contributed by atoms with Gasteiger partial charge in [-0.15, -0.1) is 0 Å². The standard InChI is InChI=1S/C25H24F4N2O4/c1-3-34-14-17-5-8-18(13-19(17)25(27,28)29)30-24(33)31-21-9-6-15(11-20(21)26)16-7-10-22(32)23(12-16)35-4-2/h5-9,11-13H,3-4,10,14H2,1-2H3,(H2,30,31,33). The zero-order valence-electron chi connectivity index (χ0n) is 19.1. The number of anilines is 2. The molecule has 0 spiro atoms. The summed E-state index contributed by atoms with van der Waals surface area (Å²) in [7, 11) is 0. The molecule has 10 heteroatoms. The van der Waals surface area contributed by atoms with E-state index in [0.717, 1.165) is 6.07 Å². The molecule has 0 heterocycles. The van der Waals surface area contributed by atoms with Gasteiger partial charge in [0.2, 0.25) is 5.78 Å². The van der Waals surface area contributed by atoms with Gasteiger partial charge in [0.15, 0.2) is 5.76 Å². The number of amides is 2. The summed E-state index contributed by atoms with van der Waals surface area (Å²) < 4.78 is 65.3. The molecular weight excluding hydrogens is 468 g/mol. The van der Waals surface area contributed by atoms with Gasteiger partial charge in [-0.25, -0.2) is 9.18 Å². The monoisotopic (exact) mass is 492 g/mol. The molecule has 186 valence electrons. The van der Waals surface area contributed by atoms with Crippen LogP contribution >= 0.6 is 0 Å². The van der Waals surface area contributed by atoms with Crippen molar-refractivity contribution in [1.29, 1.82) is 0 Å². The van der Waals surface area contributed by atoms with Crippen LogP contribution in [-0.2, 0) is 27.1 Å². The highest BCUT2D eigenvalue weighted by atomic mass is 19.4. The lowest BCUT2D eigenvalue weighted by Gasteiger charge is -2.16. The molecule has 0 atom stereocenters. The van der Waals surface area contributed by atoms with Crippen molar-refractivity contribution in [3.8, 4) is 0 Å². The van der Waals surface area contributed by atoms with E-state index >= 15 is 0 Å². The third kappa shape index (κ3) is 6.69. The van der Waals surface area contributed by atoms with Crippen LogP contribution in [0.3, 0.4) is 0 Å². The number of hydrogen-bond acceptors (Lipinski definition) is 4. The maximum atomic E-state index is 14.7. The molecule has 3 rings (SSSR count). The van der Waals surface area contributed by atoms with Gasteiger partial charge in [0, 0.05) is 18.7 Å². The first-order valence-corrected chi connectivity index (χ1v) is 10.9. The number of urea groups is 1. The normalized spacial score (nSPS) is 13.7. The summed E-state index contributed by atoms with van der Waals surface area (Å²) in [5, 5.41) is 4.57. The molecule has 0 unspecified atom stereocenters. The Labute approximate surface area is 199 Å². The second-order valence-electron chi connectivity index (χ2n) is 7.51. The molecule has 2 aromatic rings. The lowest BCUT2D eigenvalue weighted by Crippen LogP contribution is -2.21. The highest BCUT2D eigenvalue weighted by molar-refractivity contribution is 6.02. The van der Waals surface area contributed by atoms with E-state index in [4.69, 9.17) is 9.47 Å². The molecule has 2 aromatic carbocycles. The van der Waals surface area contributed by atoms with Gasteiger partial charge in [-0.05, 0) is 60.9 Å².